The number of hydrogen-bond donors (Lipinski definition) is 0. The van der Waals surface area contributed by atoms with E-state index in [1.165, 1.54) is 0 Å². The predicted octanol–water partition coefficient (Wildman–Crippen LogP) is 5.15. The molecule has 170 valence electrons. The molecular weight excluding hydrogens is 420 g/mol. The van der Waals surface area contributed by atoms with Gasteiger partial charge in [-0.2, -0.15) is 0 Å². The van der Waals surface area contributed by atoms with Crippen LogP contribution in [0.15, 0.2) is 73.2 Å². The predicted molar refractivity (Wildman–Crippen MR) is 126 cm³/mol. The van der Waals surface area contributed by atoms with Crippen LogP contribution in [0.25, 0.3) is 16.9 Å². The fourth-order valence-corrected chi connectivity index (χ4v) is 3.60. The minimum Gasteiger partial charge on any atom is -0.493 e. The molecule has 33 heavy (non-hydrogen) atoms. The first-order valence-electron chi connectivity index (χ1n) is 10.4. The highest BCUT2D eigenvalue weighted by Crippen LogP contribution is 2.40. The average molecular weight is 447 g/mol. The minimum absolute atomic E-state index is 0.437. The molecule has 7 nitrogen and oxygen atoms in total. The summed E-state index contributed by atoms with van der Waals surface area (Å²) in [6, 6.07) is 19.6. The summed E-state index contributed by atoms with van der Waals surface area (Å²) in [4.78, 5) is 4.37. The van der Waals surface area contributed by atoms with Gasteiger partial charge in [-0.15, -0.1) is 0 Å². The first kappa shape index (κ1) is 22.1. The number of hydrogen-bond acceptors (Lipinski definition) is 6. The standard InChI is InChI=1S/C26H26N2O5/c1-29-22-11-10-19(12-23(22)33-16-18-8-6-5-7-9-18)21-15-27-17-28(21)20-13-24(30-2)26(32-4)25(14-20)31-3/h5-15,17H,16H2,1-4H3. The second kappa shape index (κ2) is 9.99. The molecular formula is C26H26N2O5. The van der Waals surface area contributed by atoms with E-state index in [-0.39, 0.29) is 0 Å². The highest BCUT2D eigenvalue weighted by Gasteiger charge is 2.17. The molecule has 0 spiro atoms. The topological polar surface area (TPSA) is 64.0 Å². The van der Waals surface area contributed by atoms with Crippen LogP contribution in [-0.2, 0) is 6.61 Å². The second-order valence-electron chi connectivity index (χ2n) is 7.17. The number of benzene rings is 3. The van der Waals surface area contributed by atoms with Gasteiger partial charge in [-0.05, 0) is 23.8 Å². The summed E-state index contributed by atoms with van der Waals surface area (Å²) in [5.74, 6) is 2.97. The maximum absolute atomic E-state index is 6.09. The van der Waals surface area contributed by atoms with Gasteiger partial charge in [0.25, 0.3) is 0 Å². The number of methoxy groups -OCH3 is 4. The maximum atomic E-state index is 6.09. The number of aromatic nitrogens is 2. The monoisotopic (exact) mass is 446 g/mol. The van der Waals surface area contributed by atoms with E-state index in [1.54, 1.807) is 41.0 Å². The molecule has 4 rings (SSSR count). The van der Waals surface area contributed by atoms with E-state index >= 15 is 0 Å². The lowest BCUT2D eigenvalue weighted by Crippen LogP contribution is -2.01. The summed E-state index contributed by atoms with van der Waals surface area (Å²) in [5, 5.41) is 0. The average Bonchev–Trinajstić information content (AvgIpc) is 3.37. The Bertz CT molecular complexity index is 1200. The molecule has 7 heteroatoms. The van der Waals surface area contributed by atoms with Crippen LogP contribution in [-0.4, -0.2) is 38.0 Å². The molecule has 0 amide bonds. The van der Waals surface area contributed by atoms with Crippen LogP contribution in [0, 0.1) is 0 Å². The van der Waals surface area contributed by atoms with Gasteiger partial charge < -0.3 is 23.7 Å². The van der Waals surface area contributed by atoms with Crippen molar-refractivity contribution < 1.29 is 23.7 Å². The van der Waals surface area contributed by atoms with Gasteiger partial charge in [-0.1, -0.05) is 30.3 Å². The number of rotatable bonds is 9. The van der Waals surface area contributed by atoms with Gasteiger partial charge in [-0.3, -0.25) is 4.57 Å². The Balaban J connectivity index is 1.72. The van der Waals surface area contributed by atoms with Gasteiger partial charge in [0.2, 0.25) is 5.75 Å². The van der Waals surface area contributed by atoms with Crippen LogP contribution in [0.2, 0.25) is 0 Å². The quantitative estimate of drug-likeness (QED) is 0.354. The van der Waals surface area contributed by atoms with E-state index in [0.717, 1.165) is 22.5 Å². The van der Waals surface area contributed by atoms with Crippen molar-refractivity contribution in [3.63, 3.8) is 0 Å². The summed E-state index contributed by atoms with van der Waals surface area (Å²) in [5.41, 5.74) is 3.69. The van der Waals surface area contributed by atoms with E-state index in [0.29, 0.717) is 35.4 Å². The zero-order valence-corrected chi connectivity index (χ0v) is 19.1. The molecule has 0 aliphatic carbocycles. The second-order valence-corrected chi connectivity index (χ2v) is 7.17. The molecule has 0 fully saturated rings. The van der Waals surface area contributed by atoms with E-state index in [4.69, 9.17) is 23.7 Å². The minimum atomic E-state index is 0.437. The molecule has 0 saturated heterocycles. The van der Waals surface area contributed by atoms with Crippen molar-refractivity contribution >= 4 is 0 Å². The van der Waals surface area contributed by atoms with Crippen molar-refractivity contribution in [1.29, 1.82) is 0 Å². The zero-order valence-electron chi connectivity index (χ0n) is 19.1. The van der Waals surface area contributed by atoms with Crippen LogP contribution >= 0.6 is 0 Å². The third-order valence-corrected chi connectivity index (χ3v) is 5.26. The lowest BCUT2D eigenvalue weighted by atomic mass is 10.1. The van der Waals surface area contributed by atoms with Gasteiger partial charge in [0, 0.05) is 17.7 Å². The Hall–Kier alpha value is -4.13. The molecule has 0 bridgehead atoms. The first-order valence-corrected chi connectivity index (χ1v) is 10.4. The van der Waals surface area contributed by atoms with Crippen molar-refractivity contribution in [3.8, 4) is 45.7 Å². The lowest BCUT2D eigenvalue weighted by molar-refractivity contribution is 0.284. The zero-order chi connectivity index (χ0) is 23.2. The fraction of sp³-hybridized carbons (Fsp3) is 0.192. The highest BCUT2D eigenvalue weighted by molar-refractivity contribution is 5.67. The van der Waals surface area contributed by atoms with E-state index in [9.17, 15) is 0 Å². The molecule has 1 heterocycles. The summed E-state index contributed by atoms with van der Waals surface area (Å²) in [7, 11) is 6.40. The Morgan fingerprint density at radius 2 is 1.42 bits per heavy atom. The summed E-state index contributed by atoms with van der Waals surface area (Å²) < 4.78 is 30.0. The molecule has 0 unspecified atom stereocenters. The van der Waals surface area contributed by atoms with E-state index < -0.39 is 0 Å². The fourth-order valence-electron chi connectivity index (χ4n) is 3.60. The normalized spacial score (nSPS) is 10.5. The molecule has 0 aliphatic heterocycles. The Labute approximate surface area is 193 Å². The van der Waals surface area contributed by atoms with Crippen LogP contribution in [0.5, 0.6) is 28.7 Å². The number of imidazole rings is 1. The molecule has 0 N–H and O–H groups in total. The van der Waals surface area contributed by atoms with Crippen molar-refractivity contribution in [1.82, 2.24) is 9.55 Å². The van der Waals surface area contributed by atoms with Crippen LogP contribution in [0.4, 0.5) is 0 Å². The molecule has 0 radical (unpaired) electrons. The van der Waals surface area contributed by atoms with Crippen LogP contribution < -0.4 is 23.7 Å². The van der Waals surface area contributed by atoms with E-state index in [1.807, 2.05) is 65.2 Å². The third-order valence-electron chi connectivity index (χ3n) is 5.26. The van der Waals surface area contributed by atoms with Crippen LogP contribution in [0.3, 0.4) is 0 Å². The van der Waals surface area contributed by atoms with Gasteiger partial charge >= 0.3 is 0 Å². The summed E-state index contributed by atoms with van der Waals surface area (Å²) in [6.45, 7) is 0.437. The first-order chi connectivity index (χ1) is 16.2. The Kier molecular flexibility index (Phi) is 6.69. The Morgan fingerprint density at radius 3 is 2.06 bits per heavy atom. The number of nitrogens with zero attached hydrogens (tertiary/aromatic N) is 2. The molecule has 0 aliphatic rings. The van der Waals surface area contributed by atoms with Gasteiger partial charge in [-0.25, -0.2) is 4.98 Å². The third kappa shape index (κ3) is 4.57. The van der Waals surface area contributed by atoms with Gasteiger partial charge in [0.05, 0.1) is 52.3 Å². The Morgan fingerprint density at radius 1 is 0.727 bits per heavy atom. The largest absolute Gasteiger partial charge is 0.493 e. The molecule has 1 aromatic heterocycles. The number of ether oxygens (including phenoxy) is 5. The maximum Gasteiger partial charge on any atom is 0.203 e. The lowest BCUT2D eigenvalue weighted by Gasteiger charge is -2.16. The van der Waals surface area contributed by atoms with Crippen molar-refractivity contribution in [2.24, 2.45) is 0 Å². The van der Waals surface area contributed by atoms with Crippen molar-refractivity contribution in [3.05, 3.63) is 78.8 Å². The van der Waals surface area contributed by atoms with Gasteiger partial charge in [0.1, 0.15) is 6.61 Å². The molecule has 3 aromatic carbocycles. The summed E-state index contributed by atoms with van der Waals surface area (Å²) >= 11 is 0. The summed E-state index contributed by atoms with van der Waals surface area (Å²) in [6.07, 6.45) is 3.54. The molecule has 0 saturated carbocycles. The van der Waals surface area contributed by atoms with E-state index in [2.05, 4.69) is 4.98 Å². The molecule has 4 aromatic rings. The smallest absolute Gasteiger partial charge is 0.203 e. The van der Waals surface area contributed by atoms with Crippen molar-refractivity contribution in [2.45, 2.75) is 6.61 Å². The van der Waals surface area contributed by atoms with Gasteiger partial charge in [0.15, 0.2) is 23.0 Å². The highest BCUT2D eigenvalue weighted by atomic mass is 16.5. The van der Waals surface area contributed by atoms with Crippen molar-refractivity contribution in [2.75, 3.05) is 28.4 Å². The van der Waals surface area contributed by atoms with Crippen LogP contribution in [0.1, 0.15) is 5.56 Å². The molecule has 0 atom stereocenters. The SMILES string of the molecule is COc1ccc(-c2cncn2-c2cc(OC)c(OC)c(OC)c2)cc1OCc1ccccc1.